The van der Waals surface area contributed by atoms with E-state index < -0.39 is 10.0 Å². The predicted octanol–water partition coefficient (Wildman–Crippen LogP) is 1.91. The van der Waals surface area contributed by atoms with Gasteiger partial charge < -0.3 is 5.32 Å². The van der Waals surface area contributed by atoms with Crippen LogP contribution in [-0.2, 0) is 23.1 Å². The molecule has 0 aliphatic carbocycles. The second-order valence-corrected chi connectivity index (χ2v) is 6.82. The molecule has 0 fully saturated rings. The zero-order valence-electron chi connectivity index (χ0n) is 11.2. The first-order valence-corrected chi connectivity index (χ1v) is 8.28. The smallest absolute Gasteiger partial charge is 0.242 e. The fraction of sp³-hybridized carbons (Fsp3) is 0.250. The molecule has 1 aromatic carbocycles. The van der Waals surface area contributed by atoms with Crippen molar-refractivity contribution >= 4 is 33.2 Å². The average molecular weight is 349 g/mol. The summed E-state index contributed by atoms with van der Waals surface area (Å²) < 4.78 is 27.1. The topological polar surface area (TPSA) is 86.9 Å². The highest BCUT2D eigenvalue weighted by Gasteiger charge is 2.21. The third-order valence-electron chi connectivity index (χ3n) is 2.81. The summed E-state index contributed by atoms with van der Waals surface area (Å²) in [6.45, 7) is 0.502. The Bertz CT molecular complexity index is 717. The molecule has 0 bridgehead atoms. The van der Waals surface area contributed by atoms with Gasteiger partial charge in [-0.1, -0.05) is 23.2 Å². The number of nitrogens with one attached hydrogen (secondary N) is 3. The van der Waals surface area contributed by atoms with Crippen molar-refractivity contribution in [3.63, 3.8) is 0 Å². The lowest BCUT2D eigenvalue weighted by molar-refractivity contribution is 0.581. The number of halogens is 2. The van der Waals surface area contributed by atoms with Gasteiger partial charge in [-0.15, -0.1) is 0 Å². The highest BCUT2D eigenvalue weighted by atomic mass is 35.5. The van der Waals surface area contributed by atoms with Gasteiger partial charge in [0.1, 0.15) is 4.90 Å². The first-order chi connectivity index (χ1) is 9.95. The minimum Gasteiger partial charge on any atom is -0.316 e. The summed E-state index contributed by atoms with van der Waals surface area (Å²) in [5, 5.41) is 9.81. The van der Waals surface area contributed by atoms with E-state index >= 15 is 0 Å². The van der Waals surface area contributed by atoms with Crippen molar-refractivity contribution in [2.45, 2.75) is 18.0 Å². The number of nitrogens with zero attached hydrogens (tertiary/aromatic N) is 1. The van der Waals surface area contributed by atoms with Crippen molar-refractivity contribution in [2.75, 3.05) is 7.05 Å². The number of sulfonamides is 1. The summed E-state index contributed by atoms with van der Waals surface area (Å²) in [4.78, 5) is 0.00214. The number of aromatic amines is 1. The lowest BCUT2D eigenvalue weighted by Crippen LogP contribution is -2.24. The Balaban J connectivity index is 2.29. The summed E-state index contributed by atoms with van der Waals surface area (Å²) in [5.41, 5.74) is 1.27. The molecule has 0 aliphatic rings. The molecule has 0 saturated carbocycles. The van der Waals surface area contributed by atoms with Gasteiger partial charge >= 0.3 is 0 Å². The van der Waals surface area contributed by atoms with Gasteiger partial charge in [0.05, 0.1) is 11.2 Å². The Morgan fingerprint density at radius 3 is 2.67 bits per heavy atom. The largest absolute Gasteiger partial charge is 0.316 e. The molecule has 2 rings (SSSR count). The van der Waals surface area contributed by atoms with Gasteiger partial charge in [0, 0.05) is 35.4 Å². The highest BCUT2D eigenvalue weighted by molar-refractivity contribution is 7.89. The van der Waals surface area contributed by atoms with E-state index in [4.69, 9.17) is 23.2 Å². The Labute approximate surface area is 132 Å². The summed E-state index contributed by atoms with van der Waals surface area (Å²) in [5.74, 6) is 0. The van der Waals surface area contributed by atoms with E-state index in [1.165, 1.54) is 12.1 Å². The van der Waals surface area contributed by atoms with Crippen LogP contribution in [0, 0.1) is 0 Å². The quantitative estimate of drug-likeness (QED) is 0.744. The van der Waals surface area contributed by atoms with Crippen molar-refractivity contribution in [3.8, 4) is 0 Å². The Kier molecular flexibility index (Phi) is 5.23. The molecule has 1 heterocycles. The zero-order chi connectivity index (χ0) is 15.5. The SMILES string of the molecule is CNCc1c(Cl)ccc(S(=O)(=O)NCc2cn[nH]c2)c1Cl. The number of rotatable bonds is 6. The molecule has 1 aromatic heterocycles. The molecular formula is C12H14Cl2N4O2S. The minimum absolute atomic E-state index is 0.00214. The van der Waals surface area contributed by atoms with Crippen LogP contribution >= 0.6 is 23.2 Å². The second kappa shape index (κ2) is 6.76. The van der Waals surface area contributed by atoms with Crippen LogP contribution in [0.3, 0.4) is 0 Å². The molecule has 9 heteroatoms. The van der Waals surface area contributed by atoms with Crippen molar-refractivity contribution in [2.24, 2.45) is 0 Å². The van der Waals surface area contributed by atoms with Crippen LogP contribution < -0.4 is 10.0 Å². The van der Waals surface area contributed by atoms with Gasteiger partial charge in [0.2, 0.25) is 10.0 Å². The first-order valence-electron chi connectivity index (χ1n) is 6.04. The molecule has 0 saturated heterocycles. The second-order valence-electron chi connectivity index (χ2n) is 4.30. The molecule has 0 unspecified atom stereocenters. The summed E-state index contributed by atoms with van der Waals surface area (Å²) >= 11 is 12.2. The van der Waals surface area contributed by atoms with Crippen molar-refractivity contribution < 1.29 is 8.42 Å². The summed E-state index contributed by atoms with van der Waals surface area (Å²) in [6.07, 6.45) is 3.15. The minimum atomic E-state index is -3.73. The predicted molar refractivity (Wildman–Crippen MR) is 81.8 cm³/mol. The van der Waals surface area contributed by atoms with Crippen molar-refractivity contribution in [1.29, 1.82) is 0 Å². The van der Waals surface area contributed by atoms with E-state index in [1.54, 1.807) is 19.4 Å². The number of hydrogen-bond donors (Lipinski definition) is 3. The maximum absolute atomic E-state index is 12.3. The van der Waals surface area contributed by atoms with E-state index in [9.17, 15) is 8.42 Å². The molecule has 0 radical (unpaired) electrons. The van der Waals surface area contributed by atoms with Gasteiger partial charge in [-0.25, -0.2) is 13.1 Å². The van der Waals surface area contributed by atoms with Gasteiger partial charge in [-0.3, -0.25) is 5.10 Å². The fourth-order valence-corrected chi connectivity index (χ4v) is 3.68. The van der Waals surface area contributed by atoms with Crippen molar-refractivity contribution in [1.82, 2.24) is 20.2 Å². The molecule has 0 atom stereocenters. The maximum atomic E-state index is 12.3. The van der Waals surface area contributed by atoms with Crippen LogP contribution in [0.2, 0.25) is 10.0 Å². The number of aromatic nitrogens is 2. The number of hydrogen-bond acceptors (Lipinski definition) is 4. The van der Waals surface area contributed by atoms with E-state index in [2.05, 4.69) is 20.2 Å². The van der Waals surface area contributed by atoms with Crippen LogP contribution in [0.15, 0.2) is 29.4 Å². The third kappa shape index (κ3) is 3.75. The van der Waals surface area contributed by atoms with Crippen LogP contribution in [0.4, 0.5) is 0 Å². The van der Waals surface area contributed by atoms with Crippen LogP contribution in [0.5, 0.6) is 0 Å². The molecule has 21 heavy (non-hydrogen) atoms. The average Bonchev–Trinajstić information content (AvgIpc) is 2.94. The lowest BCUT2D eigenvalue weighted by Gasteiger charge is -2.12. The fourth-order valence-electron chi connectivity index (χ4n) is 1.75. The zero-order valence-corrected chi connectivity index (χ0v) is 13.5. The van der Waals surface area contributed by atoms with Gasteiger partial charge in [0.15, 0.2) is 0 Å². The monoisotopic (exact) mass is 348 g/mol. The third-order valence-corrected chi connectivity index (χ3v) is 5.16. The first kappa shape index (κ1) is 16.3. The van der Waals surface area contributed by atoms with Crippen LogP contribution in [0.1, 0.15) is 11.1 Å². The van der Waals surface area contributed by atoms with E-state index in [0.717, 1.165) is 5.56 Å². The van der Waals surface area contributed by atoms with Gasteiger partial charge in [-0.2, -0.15) is 5.10 Å². The Morgan fingerprint density at radius 1 is 1.29 bits per heavy atom. The van der Waals surface area contributed by atoms with Crippen molar-refractivity contribution in [3.05, 3.63) is 45.7 Å². The molecular weight excluding hydrogens is 335 g/mol. The summed E-state index contributed by atoms with van der Waals surface area (Å²) in [7, 11) is -2.01. The molecule has 3 N–H and O–H groups in total. The molecule has 0 aliphatic heterocycles. The van der Waals surface area contributed by atoms with Crippen LogP contribution in [-0.4, -0.2) is 25.7 Å². The van der Waals surface area contributed by atoms with Gasteiger partial charge in [0.25, 0.3) is 0 Å². The number of H-pyrrole nitrogens is 1. The molecule has 114 valence electrons. The highest BCUT2D eigenvalue weighted by Crippen LogP contribution is 2.31. The molecule has 0 amide bonds. The van der Waals surface area contributed by atoms with E-state index in [0.29, 0.717) is 17.1 Å². The Hall–Kier alpha value is -1.12. The van der Waals surface area contributed by atoms with Gasteiger partial charge in [-0.05, 0) is 19.2 Å². The van der Waals surface area contributed by atoms with Crippen LogP contribution in [0.25, 0.3) is 0 Å². The standard InChI is InChI=1S/C12H14Cl2N4O2S/c1-15-7-9-10(13)2-3-11(12(9)14)21(19,20)18-6-8-4-16-17-5-8/h2-5,15,18H,6-7H2,1H3,(H,16,17). The normalized spacial score (nSPS) is 11.8. The Morgan fingerprint density at radius 2 is 2.05 bits per heavy atom. The maximum Gasteiger partial charge on any atom is 0.242 e. The van der Waals surface area contributed by atoms with E-state index in [-0.39, 0.29) is 16.5 Å². The molecule has 0 spiro atoms. The summed E-state index contributed by atoms with van der Waals surface area (Å²) in [6, 6.07) is 2.91. The lowest BCUT2D eigenvalue weighted by atomic mass is 10.2. The molecule has 2 aromatic rings. The molecule has 6 nitrogen and oxygen atoms in total. The van der Waals surface area contributed by atoms with E-state index in [1.807, 2.05) is 0 Å². The number of benzene rings is 1.